The van der Waals surface area contributed by atoms with E-state index in [-0.39, 0.29) is 16.5 Å². The number of sulfonamides is 1. The zero-order valence-corrected chi connectivity index (χ0v) is 17.7. The van der Waals surface area contributed by atoms with Crippen LogP contribution in [0.3, 0.4) is 0 Å². The number of methoxy groups -OCH3 is 2. The average Bonchev–Trinajstić information content (AvgIpc) is 2.66. The van der Waals surface area contributed by atoms with Crippen LogP contribution in [0.15, 0.2) is 36.4 Å². The molecule has 7 nitrogen and oxygen atoms in total. The van der Waals surface area contributed by atoms with Crippen molar-refractivity contribution in [2.45, 2.75) is 6.42 Å². The Morgan fingerprint density at radius 3 is 2.39 bits per heavy atom. The minimum Gasteiger partial charge on any atom is -0.493 e. The minimum atomic E-state index is -3.44. The van der Waals surface area contributed by atoms with E-state index in [1.165, 1.54) is 19.2 Å². The molecule has 28 heavy (non-hydrogen) atoms. The monoisotopic (exact) mass is 426 g/mol. The van der Waals surface area contributed by atoms with Gasteiger partial charge < -0.3 is 14.8 Å². The SMILES string of the molecule is COc1ccc(CCNC(=O)c2cc(N(C)S(C)(=O)=O)ccc2Cl)cc1OC. The number of carbonyl (C=O) groups excluding carboxylic acids is 1. The largest absolute Gasteiger partial charge is 0.493 e. The highest BCUT2D eigenvalue weighted by molar-refractivity contribution is 7.92. The van der Waals surface area contributed by atoms with Crippen LogP contribution < -0.4 is 19.1 Å². The molecule has 0 aliphatic rings. The van der Waals surface area contributed by atoms with Gasteiger partial charge in [-0.05, 0) is 42.3 Å². The summed E-state index contributed by atoms with van der Waals surface area (Å²) in [6.45, 7) is 0.372. The molecule has 0 saturated carbocycles. The fraction of sp³-hybridized carbons (Fsp3) is 0.316. The molecular weight excluding hydrogens is 404 g/mol. The van der Waals surface area contributed by atoms with E-state index in [1.807, 2.05) is 12.1 Å². The summed E-state index contributed by atoms with van der Waals surface area (Å²) in [5.41, 5.74) is 1.54. The number of nitrogens with one attached hydrogen (secondary N) is 1. The van der Waals surface area contributed by atoms with Crippen molar-refractivity contribution in [3.8, 4) is 11.5 Å². The molecule has 0 atom stereocenters. The summed E-state index contributed by atoms with van der Waals surface area (Å²) in [6.07, 6.45) is 1.66. The van der Waals surface area contributed by atoms with Gasteiger partial charge in [0.05, 0.1) is 36.7 Å². The Balaban J connectivity index is 2.07. The molecule has 2 rings (SSSR count). The molecule has 0 heterocycles. The normalized spacial score (nSPS) is 11.0. The van der Waals surface area contributed by atoms with Gasteiger partial charge in [0.25, 0.3) is 5.91 Å². The molecule has 0 radical (unpaired) electrons. The third-order valence-corrected chi connectivity index (χ3v) is 5.74. The van der Waals surface area contributed by atoms with Gasteiger partial charge in [0, 0.05) is 13.6 Å². The molecule has 0 spiro atoms. The van der Waals surface area contributed by atoms with E-state index in [1.54, 1.807) is 26.4 Å². The van der Waals surface area contributed by atoms with Gasteiger partial charge in [-0.25, -0.2) is 8.42 Å². The highest BCUT2D eigenvalue weighted by Gasteiger charge is 2.17. The van der Waals surface area contributed by atoms with Gasteiger partial charge in [0.1, 0.15) is 0 Å². The highest BCUT2D eigenvalue weighted by Crippen LogP contribution is 2.28. The van der Waals surface area contributed by atoms with E-state index < -0.39 is 10.0 Å². The van der Waals surface area contributed by atoms with Gasteiger partial charge in [-0.3, -0.25) is 9.10 Å². The number of anilines is 1. The van der Waals surface area contributed by atoms with Gasteiger partial charge in [-0.1, -0.05) is 17.7 Å². The van der Waals surface area contributed by atoms with Crippen LogP contribution in [0, 0.1) is 0 Å². The molecule has 0 aromatic heterocycles. The van der Waals surface area contributed by atoms with E-state index >= 15 is 0 Å². The Bertz CT molecular complexity index is 963. The molecular formula is C19H23ClN2O5S. The lowest BCUT2D eigenvalue weighted by Gasteiger charge is -2.18. The van der Waals surface area contributed by atoms with Crippen LogP contribution in [0.4, 0.5) is 5.69 Å². The van der Waals surface area contributed by atoms with Crippen LogP contribution in [0.25, 0.3) is 0 Å². The smallest absolute Gasteiger partial charge is 0.252 e. The number of benzene rings is 2. The number of nitrogens with zero attached hydrogens (tertiary/aromatic N) is 1. The number of halogens is 1. The summed E-state index contributed by atoms with van der Waals surface area (Å²) < 4.78 is 35.0. The van der Waals surface area contributed by atoms with Crippen molar-refractivity contribution in [1.29, 1.82) is 0 Å². The molecule has 1 amide bonds. The number of rotatable bonds is 8. The van der Waals surface area contributed by atoms with Gasteiger partial charge in [-0.15, -0.1) is 0 Å². The van der Waals surface area contributed by atoms with Crippen LogP contribution >= 0.6 is 11.6 Å². The number of hydrogen-bond donors (Lipinski definition) is 1. The van der Waals surface area contributed by atoms with Crippen molar-refractivity contribution in [1.82, 2.24) is 5.32 Å². The predicted octanol–water partition coefficient (Wildman–Crippen LogP) is 2.73. The lowest BCUT2D eigenvalue weighted by Crippen LogP contribution is -2.28. The van der Waals surface area contributed by atoms with Crippen molar-refractivity contribution >= 4 is 33.2 Å². The van der Waals surface area contributed by atoms with Gasteiger partial charge >= 0.3 is 0 Å². The molecule has 0 bridgehead atoms. The van der Waals surface area contributed by atoms with Crippen LogP contribution in [-0.2, 0) is 16.4 Å². The predicted molar refractivity (Wildman–Crippen MR) is 110 cm³/mol. The van der Waals surface area contributed by atoms with Crippen molar-refractivity contribution in [3.63, 3.8) is 0 Å². The standard InChI is InChI=1S/C19H23ClN2O5S/c1-22(28(4,24)25)14-6-7-16(20)15(12-14)19(23)21-10-9-13-5-8-17(26-2)18(11-13)27-3/h5-8,11-12H,9-10H2,1-4H3,(H,21,23). The zero-order chi connectivity index (χ0) is 20.9. The quantitative estimate of drug-likeness (QED) is 0.701. The van der Waals surface area contributed by atoms with Crippen LogP contribution in [-0.4, -0.2) is 48.4 Å². The molecule has 2 aromatic carbocycles. The second-order valence-electron chi connectivity index (χ2n) is 6.09. The molecule has 0 unspecified atom stereocenters. The first-order chi connectivity index (χ1) is 13.2. The first-order valence-electron chi connectivity index (χ1n) is 8.40. The molecule has 0 fully saturated rings. The number of hydrogen-bond acceptors (Lipinski definition) is 5. The fourth-order valence-corrected chi connectivity index (χ4v) is 3.23. The Kier molecular flexibility index (Phi) is 7.15. The molecule has 152 valence electrons. The average molecular weight is 427 g/mol. The summed E-state index contributed by atoms with van der Waals surface area (Å²) >= 11 is 6.12. The van der Waals surface area contributed by atoms with Crippen LogP contribution in [0.2, 0.25) is 5.02 Å². The summed E-state index contributed by atoms with van der Waals surface area (Å²) in [5.74, 6) is 0.869. The van der Waals surface area contributed by atoms with E-state index in [4.69, 9.17) is 21.1 Å². The van der Waals surface area contributed by atoms with E-state index in [0.717, 1.165) is 16.1 Å². The van der Waals surface area contributed by atoms with E-state index in [9.17, 15) is 13.2 Å². The van der Waals surface area contributed by atoms with Crippen LogP contribution in [0.5, 0.6) is 11.5 Å². The number of ether oxygens (including phenoxy) is 2. The molecule has 9 heteroatoms. The molecule has 0 saturated heterocycles. The van der Waals surface area contributed by atoms with Gasteiger partial charge in [-0.2, -0.15) is 0 Å². The number of carbonyl (C=O) groups is 1. The van der Waals surface area contributed by atoms with Crippen molar-refractivity contribution in [2.24, 2.45) is 0 Å². The first kappa shape index (κ1) is 21.8. The summed E-state index contributed by atoms with van der Waals surface area (Å²) in [5, 5.41) is 3.04. The van der Waals surface area contributed by atoms with E-state index in [2.05, 4.69) is 5.32 Å². The maximum atomic E-state index is 12.5. The number of amides is 1. The highest BCUT2D eigenvalue weighted by atomic mass is 35.5. The Labute approximate surface area is 170 Å². The Morgan fingerprint density at radius 2 is 1.79 bits per heavy atom. The molecule has 0 aliphatic heterocycles. The third-order valence-electron chi connectivity index (χ3n) is 4.20. The van der Waals surface area contributed by atoms with Crippen molar-refractivity contribution < 1.29 is 22.7 Å². The fourth-order valence-electron chi connectivity index (χ4n) is 2.53. The second kappa shape index (κ2) is 9.16. The summed E-state index contributed by atoms with van der Waals surface area (Å²) in [4.78, 5) is 12.5. The maximum Gasteiger partial charge on any atom is 0.252 e. The maximum absolute atomic E-state index is 12.5. The minimum absolute atomic E-state index is 0.210. The lowest BCUT2D eigenvalue weighted by molar-refractivity contribution is 0.0954. The zero-order valence-electron chi connectivity index (χ0n) is 16.2. The van der Waals surface area contributed by atoms with Crippen molar-refractivity contribution in [3.05, 3.63) is 52.5 Å². The third kappa shape index (κ3) is 5.30. The van der Waals surface area contributed by atoms with E-state index in [0.29, 0.717) is 30.2 Å². The lowest BCUT2D eigenvalue weighted by atomic mass is 10.1. The van der Waals surface area contributed by atoms with Crippen LogP contribution in [0.1, 0.15) is 15.9 Å². The first-order valence-corrected chi connectivity index (χ1v) is 10.6. The topological polar surface area (TPSA) is 84.9 Å². The second-order valence-corrected chi connectivity index (χ2v) is 8.51. The summed E-state index contributed by atoms with van der Waals surface area (Å²) in [6, 6.07) is 10.0. The van der Waals surface area contributed by atoms with Crippen molar-refractivity contribution in [2.75, 3.05) is 38.4 Å². The molecule has 0 aliphatic carbocycles. The Hall–Kier alpha value is -2.45. The Morgan fingerprint density at radius 1 is 1.11 bits per heavy atom. The van der Waals surface area contributed by atoms with Gasteiger partial charge in [0.2, 0.25) is 10.0 Å². The van der Waals surface area contributed by atoms with Gasteiger partial charge in [0.15, 0.2) is 11.5 Å². The molecule has 2 aromatic rings. The molecule has 1 N–H and O–H groups in total. The summed E-state index contributed by atoms with van der Waals surface area (Å²) in [7, 11) is 1.10.